The SMILES string of the molecule is CS(=O)(=O)c1ccc2cnc(N[C@@H]3CCCNC3)nc2c1. The van der Waals surface area contributed by atoms with Crippen molar-refractivity contribution >= 4 is 26.7 Å². The molecule has 0 amide bonds. The maximum absolute atomic E-state index is 11.6. The standard InChI is InChI=1S/C14H18N4O2S/c1-21(19,20)12-5-4-10-8-16-14(18-13(10)7-12)17-11-3-2-6-15-9-11/h4-5,7-8,11,15H,2-3,6,9H2,1H3,(H,16,17,18)/t11-/m1/s1. The number of anilines is 1. The van der Waals surface area contributed by atoms with Gasteiger partial charge in [0, 0.05) is 30.4 Å². The van der Waals surface area contributed by atoms with Crippen LogP contribution in [0.15, 0.2) is 29.3 Å². The van der Waals surface area contributed by atoms with Gasteiger partial charge in [-0.25, -0.2) is 18.4 Å². The monoisotopic (exact) mass is 306 g/mol. The van der Waals surface area contributed by atoms with Crippen LogP contribution in [-0.2, 0) is 9.84 Å². The van der Waals surface area contributed by atoms with E-state index >= 15 is 0 Å². The minimum Gasteiger partial charge on any atom is -0.350 e. The summed E-state index contributed by atoms with van der Waals surface area (Å²) in [4.78, 5) is 9.00. The number of benzene rings is 1. The number of aromatic nitrogens is 2. The van der Waals surface area contributed by atoms with E-state index in [-0.39, 0.29) is 4.90 Å². The van der Waals surface area contributed by atoms with Crippen LogP contribution < -0.4 is 10.6 Å². The lowest BCUT2D eigenvalue weighted by molar-refractivity contribution is 0.478. The minimum absolute atomic E-state index is 0.277. The highest BCUT2D eigenvalue weighted by Crippen LogP contribution is 2.18. The summed E-state index contributed by atoms with van der Waals surface area (Å²) >= 11 is 0. The normalized spacial score (nSPS) is 19.6. The molecule has 1 aliphatic rings. The van der Waals surface area contributed by atoms with Crippen LogP contribution in [0.4, 0.5) is 5.95 Å². The highest BCUT2D eigenvalue weighted by molar-refractivity contribution is 7.90. The van der Waals surface area contributed by atoms with Crippen LogP contribution in [0.3, 0.4) is 0 Å². The summed E-state index contributed by atoms with van der Waals surface area (Å²) in [5.74, 6) is 0.543. The van der Waals surface area contributed by atoms with Gasteiger partial charge in [0.05, 0.1) is 10.4 Å². The molecular weight excluding hydrogens is 288 g/mol. The lowest BCUT2D eigenvalue weighted by Crippen LogP contribution is -2.38. The second-order valence-electron chi connectivity index (χ2n) is 5.37. The lowest BCUT2D eigenvalue weighted by Gasteiger charge is -2.23. The van der Waals surface area contributed by atoms with Gasteiger partial charge >= 0.3 is 0 Å². The van der Waals surface area contributed by atoms with Crippen molar-refractivity contribution in [1.82, 2.24) is 15.3 Å². The minimum atomic E-state index is -3.23. The van der Waals surface area contributed by atoms with Crippen molar-refractivity contribution in [2.24, 2.45) is 0 Å². The number of hydrogen-bond acceptors (Lipinski definition) is 6. The first-order chi connectivity index (χ1) is 10.0. The lowest BCUT2D eigenvalue weighted by atomic mass is 10.1. The molecule has 0 saturated carbocycles. The maximum atomic E-state index is 11.6. The molecule has 1 atom stereocenters. The quantitative estimate of drug-likeness (QED) is 0.886. The van der Waals surface area contributed by atoms with Crippen LogP contribution in [-0.4, -0.2) is 43.8 Å². The van der Waals surface area contributed by atoms with E-state index < -0.39 is 9.84 Å². The van der Waals surface area contributed by atoms with Crippen molar-refractivity contribution in [3.05, 3.63) is 24.4 Å². The fraction of sp³-hybridized carbons (Fsp3) is 0.429. The molecule has 1 fully saturated rings. The summed E-state index contributed by atoms with van der Waals surface area (Å²) < 4.78 is 23.2. The van der Waals surface area contributed by atoms with Crippen molar-refractivity contribution < 1.29 is 8.42 Å². The van der Waals surface area contributed by atoms with Gasteiger partial charge in [0.1, 0.15) is 0 Å². The molecule has 2 heterocycles. The van der Waals surface area contributed by atoms with E-state index in [1.807, 2.05) is 0 Å². The molecule has 1 aliphatic heterocycles. The molecule has 112 valence electrons. The molecule has 3 rings (SSSR count). The molecule has 0 spiro atoms. The van der Waals surface area contributed by atoms with Gasteiger partial charge in [-0.05, 0) is 37.6 Å². The zero-order valence-corrected chi connectivity index (χ0v) is 12.7. The van der Waals surface area contributed by atoms with E-state index in [1.165, 1.54) is 6.26 Å². The average molecular weight is 306 g/mol. The number of nitrogens with one attached hydrogen (secondary N) is 2. The highest BCUT2D eigenvalue weighted by Gasteiger charge is 2.14. The number of hydrogen-bond donors (Lipinski definition) is 2. The average Bonchev–Trinajstić information content (AvgIpc) is 2.46. The fourth-order valence-electron chi connectivity index (χ4n) is 2.46. The highest BCUT2D eigenvalue weighted by atomic mass is 32.2. The summed E-state index contributed by atoms with van der Waals surface area (Å²) in [5, 5.41) is 7.45. The number of piperidine rings is 1. The Labute approximate surface area is 123 Å². The molecule has 2 N–H and O–H groups in total. The third-order valence-electron chi connectivity index (χ3n) is 3.61. The third kappa shape index (κ3) is 3.30. The Balaban J connectivity index is 1.90. The first-order valence-corrected chi connectivity index (χ1v) is 8.86. The fourth-order valence-corrected chi connectivity index (χ4v) is 3.10. The number of sulfone groups is 1. The van der Waals surface area contributed by atoms with Gasteiger partial charge in [-0.15, -0.1) is 0 Å². The van der Waals surface area contributed by atoms with Gasteiger partial charge in [0.2, 0.25) is 5.95 Å². The molecule has 0 aliphatic carbocycles. The Bertz CT molecular complexity index is 755. The van der Waals surface area contributed by atoms with Gasteiger partial charge in [0.25, 0.3) is 0 Å². The number of fused-ring (bicyclic) bond motifs is 1. The van der Waals surface area contributed by atoms with Crippen molar-refractivity contribution in [3.8, 4) is 0 Å². The molecule has 7 heteroatoms. The zero-order chi connectivity index (χ0) is 14.9. The van der Waals surface area contributed by atoms with Crippen molar-refractivity contribution in [2.75, 3.05) is 24.7 Å². The number of rotatable bonds is 3. The second-order valence-corrected chi connectivity index (χ2v) is 7.39. The molecule has 0 unspecified atom stereocenters. The molecule has 1 aromatic carbocycles. The molecule has 1 saturated heterocycles. The van der Waals surface area contributed by atoms with Crippen LogP contribution in [0, 0.1) is 0 Å². The smallest absolute Gasteiger partial charge is 0.223 e. The van der Waals surface area contributed by atoms with E-state index in [9.17, 15) is 8.42 Å². The zero-order valence-electron chi connectivity index (χ0n) is 11.8. The van der Waals surface area contributed by atoms with E-state index in [4.69, 9.17) is 0 Å². The Kier molecular flexibility index (Phi) is 3.77. The largest absolute Gasteiger partial charge is 0.350 e. The van der Waals surface area contributed by atoms with Gasteiger partial charge in [-0.3, -0.25) is 0 Å². The van der Waals surface area contributed by atoms with Crippen molar-refractivity contribution in [2.45, 2.75) is 23.8 Å². The Morgan fingerprint density at radius 1 is 1.38 bits per heavy atom. The Hall–Kier alpha value is -1.73. The third-order valence-corrected chi connectivity index (χ3v) is 4.72. The predicted octanol–water partition coefficient (Wildman–Crippen LogP) is 1.20. The van der Waals surface area contributed by atoms with Crippen LogP contribution in [0.2, 0.25) is 0 Å². The first-order valence-electron chi connectivity index (χ1n) is 6.96. The first kappa shape index (κ1) is 14.2. The number of nitrogens with zero attached hydrogens (tertiary/aromatic N) is 2. The summed E-state index contributed by atoms with van der Waals surface area (Å²) in [6, 6.07) is 5.22. The Morgan fingerprint density at radius 2 is 2.24 bits per heavy atom. The maximum Gasteiger partial charge on any atom is 0.223 e. The summed E-state index contributed by atoms with van der Waals surface area (Å²) in [6.45, 7) is 1.94. The van der Waals surface area contributed by atoms with Crippen LogP contribution in [0.1, 0.15) is 12.8 Å². The Morgan fingerprint density at radius 3 is 2.95 bits per heavy atom. The van der Waals surface area contributed by atoms with Gasteiger partial charge in [0.15, 0.2) is 9.84 Å². The molecule has 0 radical (unpaired) electrons. The van der Waals surface area contributed by atoms with Gasteiger partial charge < -0.3 is 10.6 Å². The summed E-state index contributed by atoms with van der Waals surface area (Å²) in [7, 11) is -3.23. The molecular formula is C14H18N4O2S. The predicted molar refractivity (Wildman–Crippen MR) is 82.2 cm³/mol. The van der Waals surface area contributed by atoms with Gasteiger partial charge in [-0.2, -0.15) is 0 Å². The van der Waals surface area contributed by atoms with Crippen molar-refractivity contribution in [3.63, 3.8) is 0 Å². The van der Waals surface area contributed by atoms with E-state index in [1.54, 1.807) is 24.4 Å². The molecule has 6 nitrogen and oxygen atoms in total. The summed E-state index contributed by atoms with van der Waals surface area (Å²) in [6.07, 6.45) is 5.12. The van der Waals surface area contributed by atoms with E-state index in [0.717, 1.165) is 31.3 Å². The van der Waals surface area contributed by atoms with E-state index in [0.29, 0.717) is 17.5 Å². The summed E-state index contributed by atoms with van der Waals surface area (Å²) in [5.41, 5.74) is 0.638. The van der Waals surface area contributed by atoms with Crippen LogP contribution >= 0.6 is 0 Å². The molecule has 2 aromatic rings. The van der Waals surface area contributed by atoms with E-state index in [2.05, 4.69) is 20.6 Å². The molecule has 0 bridgehead atoms. The van der Waals surface area contributed by atoms with Gasteiger partial charge in [-0.1, -0.05) is 0 Å². The molecule has 1 aromatic heterocycles. The second kappa shape index (κ2) is 5.57. The van der Waals surface area contributed by atoms with Crippen LogP contribution in [0.5, 0.6) is 0 Å². The van der Waals surface area contributed by atoms with Crippen LogP contribution in [0.25, 0.3) is 10.9 Å². The topological polar surface area (TPSA) is 84.0 Å². The van der Waals surface area contributed by atoms with Crippen molar-refractivity contribution in [1.29, 1.82) is 0 Å². The molecule has 21 heavy (non-hydrogen) atoms.